The van der Waals surface area contributed by atoms with Gasteiger partial charge in [0.15, 0.2) is 17.5 Å². The molecule has 0 fully saturated rings. The van der Waals surface area contributed by atoms with Crippen molar-refractivity contribution in [3.05, 3.63) is 152 Å². The van der Waals surface area contributed by atoms with Crippen LogP contribution in [0.15, 0.2) is 152 Å². The average Bonchev–Trinajstić information content (AvgIpc) is 3.15. The Kier molecular flexibility index (Phi) is 5.54. The molecule has 218 valence electrons. The van der Waals surface area contributed by atoms with Crippen molar-refractivity contribution in [2.45, 2.75) is 0 Å². The number of hydrogen-bond donors (Lipinski definition) is 0. The second kappa shape index (κ2) is 10.1. The van der Waals surface area contributed by atoms with E-state index in [1.807, 2.05) is 42.5 Å². The standard InChI is InChI=1S/C43H25N3O/c1-2-8-31(9-3-1)41-44-42(32-20-13-27(14-21-32)34-22-15-26-7-4-5-10-33(26)25-34)46-43(45-41)35-24-23-30-19-18-29-17-16-28-11-6-12-36-37(28)38(29)39(30)40(35)47-36/h1-25H. The zero-order chi connectivity index (χ0) is 30.9. The van der Waals surface area contributed by atoms with Gasteiger partial charge in [-0.2, -0.15) is 0 Å². The summed E-state index contributed by atoms with van der Waals surface area (Å²) in [6, 6.07) is 52.8. The summed E-state index contributed by atoms with van der Waals surface area (Å²) < 4.78 is 6.76. The molecule has 4 heteroatoms. The van der Waals surface area contributed by atoms with E-state index in [1.165, 1.54) is 32.5 Å². The van der Waals surface area contributed by atoms with Crippen LogP contribution >= 0.6 is 0 Å². The Bertz CT molecular complexity index is 2700. The summed E-state index contributed by atoms with van der Waals surface area (Å²) in [5.41, 5.74) is 5.00. The Hall–Kier alpha value is -6.39. The summed E-state index contributed by atoms with van der Waals surface area (Å²) >= 11 is 0. The SMILES string of the molecule is c1ccc(-c2nc(-c3ccc(-c4ccc5ccccc5c4)cc3)nc(-c3ccc4ccc5ccc6cccc7c6c5c4c3O7)n2)cc1. The van der Waals surface area contributed by atoms with Gasteiger partial charge in [-0.1, -0.05) is 133 Å². The van der Waals surface area contributed by atoms with Crippen molar-refractivity contribution in [1.82, 2.24) is 15.0 Å². The third-order valence-electron chi connectivity index (χ3n) is 9.27. The van der Waals surface area contributed by atoms with Crippen LogP contribution in [0.3, 0.4) is 0 Å². The topological polar surface area (TPSA) is 47.9 Å². The monoisotopic (exact) mass is 599 g/mol. The van der Waals surface area contributed by atoms with Gasteiger partial charge in [0.1, 0.15) is 11.5 Å². The van der Waals surface area contributed by atoms with Crippen molar-refractivity contribution in [3.63, 3.8) is 0 Å². The van der Waals surface area contributed by atoms with Crippen molar-refractivity contribution >= 4 is 43.1 Å². The Balaban J connectivity index is 1.16. The lowest BCUT2D eigenvalue weighted by Crippen LogP contribution is -2.03. The second-order valence-electron chi connectivity index (χ2n) is 12.0. The molecule has 4 nitrogen and oxygen atoms in total. The Morgan fingerprint density at radius 2 is 0.894 bits per heavy atom. The largest absolute Gasteiger partial charge is 0.455 e. The van der Waals surface area contributed by atoms with Crippen molar-refractivity contribution < 1.29 is 4.74 Å². The summed E-state index contributed by atoms with van der Waals surface area (Å²) in [6.07, 6.45) is 0. The molecule has 1 aliphatic heterocycles. The molecule has 0 N–H and O–H groups in total. The van der Waals surface area contributed by atoms with E-state index in [9.17, 15) is 0 Å². The smallest absolute Gasteiger partial charge is 0.167 e. The highest BCUT2D eigenvalue weighted by Crippen LogP contribution is 2.50. The molecule has 1 aliphatic rings. The van der Waals surface area contributed by atoms with Crippen molar-refractivity contribution in [2.75, 3.05) is 0 Å². The van der Waals surface area contributed by atoms with Crippen LogP contribution in [-0.4, -0.2) is 15.0 Å². The first kappa shape index (κ1) is 25.9. The number of fused-ring (bicyclic) bond motifs is 1. The summed E-state index contributed by atoms with van der Waals surface area (Å²) in [6.45, 7) is 0. The third-order valence-corrected chi connectivity index (χ3v) is 9.27. The maximum atomic E-state index is 6.76. The van der Waals surface area contributed by atoms with E-state index in [0.717, 1.165) is 49.9 Å². The minimum atomic E-state index is 0.577. The van der Waals surface area contributed by atoms with E-state index in [-0.39, 0.29) is 0 Å². The number of nitrogens with zero attached hydrogens (tertiary/aromatic N) is 3. The molecule has 10 rings (SSSR count). The summed E-state index contributed by atoms with van der Waals surface area (Å²) in [5.74, 6) is 3.44. The molecule has 0 aliphatic carbocycles. The van der Waals surface area contributed by atoms with Gasteiger partial charge in [0.05, 0.1) is 5.56 Å². The fourth-order valence-electron chi connectivity index (χ4n) is 6.94. The molecular weight excluding hydrogens is 574 g/mol. The predicted octanol–water partition coefficient (Wildman–Crippen LogP) is 11.3. The van der Waals surface area contributed by atoms with Crippen LogP contribution in [0.2, 0.25) is 0 Å². The predicted molar refractivity (Wildman–Crippen MR) is 192 cm³/mol. The Morgan fingerprint density at radius 3 is 1.68 bits per heavy atom. The van der Waals surface area contributed by atoms with E-state index >= 15 is 0 Å². The van der Waals surface area contributed by atoms with Crippen molar-refractivity contribution in [3.8, 4) is 56.8 Å². The highest BCUT2D eigenvalue weighted by Gasteiger charge is 2.24. The summed E-state index contributed by atoms with van der Waals surface area (Å²) in [5, 5.41) is 9.38. The maximum Gasteiger partial charge on any atom is 0.167 e. The highest BCUT2D eigenvalue weighted by molar-refractivity contribution is 6.26. The van der Waals surface area contributed by atoms with Crippen LogP contribution in [0.5, 0.6) is 11.5 Å². The molecule has 47 heavy (non-hydrogen) atoms. The van der Waals surface area contributed by atoms with Gasteiger partial charge in [-0.25, -0.2) is 15.0 Å². The first-order chi connectivity index (χ1) is 23.3. The fourth-order valence-corrected chi connectivity index (χ4v) is 6.94. The van der Waals surface area contributed by atoms with Crippen LogP contribution in [0.1, 0.15) is 0 Å². The summed E-state index contributed by atoms with van der Waals surface area (Å²) in [7, 11) is 0. The molecule has 0 saturated carbocycles. The van der Waals surface area contributed by atoms with E-state index in [4.69, 9.17) is 19.7 Å². The molecule has 2 heterocycles. The molecule has 0 unspecified atom stereocenters. The lowest BCUT2D eigenvalue weighted by Gasteiger charge is -2.22. The average molecular weight is 600 g/mol. The Labute approximate surface area is 270 Å². The molecule has 0 saturated heterocycles. The van der Waals surface area contributed by atoms with Gasteiger partial charge in [0, 0.05) is 27.3 Å². The van der Waals surface area contributed by atoms with Gasteiger partial charge >= 0.3 is 0 Å². The van der Waals surface area contributed by atoms with Crippen molar-refractivity contribution in [2.24, 2.45) is 0 Å². The summed E-state index contributed by atoms with van der Waals surface area (Å²) in [4.78, 5) is 15.2. The Morgan fingerprint density at radius 1 is 0.340 bits per heavy atom. The van der Waals surface area contributed by atoms with E-state index in [1.54, 1.807) is 0 Å². The van der Waals surface area contributed by atoms with Gasteiger partial charge < -0.3 is 4.74 Å². The molecule has 9 aromatic rings. The molecular formula is C43H25N3O. The van der Waals surface area contributed by atoms with Crippen LogP contribution in [0, 0.1) is 0 Å². The van der Waals surface area contributed by atoms with Crippen molar-refractivity contribution in [1.29, 1.82) is 0 Å². The molecule has 0 atom stereocenters. The minimum absolute atomic E-state index is 0.577. The van der Waals surface area contributed by atoms with Gasteiger partial charge in [0.2, 0.25) is 0 Å². The minimum Gasteiger partial charge on any atom is -0.455 e. The highest BCUT2D eigenvalue weighted by atomic mass is 16.5. The maximum absolute atomic E-state index is 6.76. The number of rotatable bonds is 4. The first-order valence-electron chi connectivity index (χ1n) is 15.8. The van der Waals surface area contributed by atoms with E-state index in [2.05, 4.69) is 109 Å². The molecule has 0 radical (unpaired) electrons. The number of ether oxygens (including phenoxy) is 1. The zero-order valence-corrected chi connectivity index (χ0v) is 25.2. The quantitative estimate of drug-likeness (QED) is 0.189. The first-order valence-corrected chi connectivity index (χ1v) is 15.8. The van der Waals surface area contributed by atoms with Crippen LogP contribution in [0.4, 0.5) is 0 Å². The molecule has 8 aromatic carbocycles. The number of aromatic nitrogens is 3. The van der Waals surface area contributed by atoms with Gasteiger partial charge in [-0.05, 0) is 56.3 Å². The molecule has 0 amide bonds. The molecule has 0 bridgehead atoms. The van der Waals surface area contributed by atoms with Crippen LogP contribution in [-0.2, 0) is 0 Å². The molecule has 1 aromatic heterocycles. The lowest BCUT2D eigenvalue weighted by molar-refractivity contribution is 0.494. The van der Waals surface area contributed by atoms with Crippen LogP contribution < -0.4 is 4.74 Å². The van der Waals surface area contributed by atoms with Gasteiger partial charge in [-0.15, -0.1) is 0 Å². The normalized spacial score (nSPS) is 12.0. The lowest BCUT2D eigenvalue weighted by atomic mass is 9.92. The van der Waals surface area contributed by atoms with Gasteiger partial charge in [0.25, 0.3) is 0 Å². The molecule has 0 spiro atoms. The fraction of sp³-hybridized carbons (Fsp3) is 0. The van der Waals surface area contributed by atoms with E-state index < -0.39 is 0 Å². The third kappa shape index (κ3) is 4.12. The van der Waals surface area contributed by atoms with Gasteiger partial charge in [-0.3, -0.25) is 0 Å². The van der Waals surface area contributed by atoms with E-state index in [0.29, 0.717) is 17.5 Å². The number of benzene rings is 8. The second-order valence-corrected chi connectivity index (χ2v) is 12.0. The number of hydrogen-bond acceptors (Lipinski definition) is 4. The zero-order valence-electron chi connectivity index (χ0n) is 25.2. The van der Waals surface area contributed by atoms with Crippen LogP contribution in [0.25, 0.3) is 88.4 Å².